The predicted molar refractivity (Wildman–Crippen MR) is 128 cm³/mol. The summed E-state index contributed by atoms with van der Waals surface area (Å²) in [6.07, 6.45) is 6.56. The molecule has 2 saturated heterocycles. The van der Waals surface area contributed by atoms with Gasteiger partial charge in [-0.1, -0.05) is 25.8 Å². The second-order valence-corrected chi connectivity index (χ2v) is 11.8. The quantitative estimate of drug-likeness (QED) is 0.616. The number of nitrogens with one attached hydrogen (secondary N) is 2. The zero-order valence-electron chi connectivity index (χ0n) is 19.9. The standard InChI is InChI=1S/C24H34N4O5S/c1-17-9-11-24(12-10-17)22(30)28(23(31)26-24)16-21(29)25-19-8-7-18(2)20(15-19)34(32,33)27-13-5-3-4-6-14-27/h7-8,15,17H,3-6,9-14,16H2,1-2H3,(H,25,29)(H,26,31). The van der Waals surface area contributed by atoms with E-state index in [9.17, 15) is 22.8 Å². The molecule has 186 valence electrons. The summed E-state index contributed by atoms with van der Waals surface area (Å²) in [5.74, 6) is -0.395. The molecule has 1 aromatic rings. The molecule has 10 heteroatoms. The van der Waals surface area contributed by atoms with Crippen LogP contribution in [0.15, 0.2) is 23.1 Å². The van der Waals surface area contributed by atoms with Gasteiger partial charge in [0.05, 0.1) is 4.90 Å². The lowest BCUT2D eigenvalue weighted by Gasteiger charge is -2.33. The van der Waals surface area contributed by atoms with Crippen LogP contribution in [0.25, 0.3) is 0 Å². The molecule has 0 unspecified atom stereocenters. The number of aryl methyl sites for hydroxylation is 1. The maximum absolute atomic E-state index is 13.3. The van der Waals surface area contributed by atoms with Crippen LogP contribution < -0.4 is 10.6 Å². The Morgan fingerprint density at radius 3 is 2.41 bits per heavy atom. The van der Waals surface area contributed by atoms with E-state index in [1.807, 2.05) is 0 Å². The molecule has 34 heavy (non-hydrogen) atoms. The first-order valence-electron chi connectivity index (χ1n) is 12.2. The minimum Gasteiger partial charge on any atom is -0.324 e. The molecule has 0 bridgehead atoms. The van der Waals surface area contributed by atoms with Gasteiger partial charge in [-0.25, -0.2) is 13.2 Å². The fourth-order valence-corrected chi connectivity index (χ4v) is 6.90. The Morgan fingerprint density at radius 2 is 1.76 bits per heavy atom. The van der Waals surface area contributed by atoms with Crippen LogP contribution in [0.3, 0.4) is 0 Å². The number of sulfonamides is 1. The Balaban J connectivity index is 1.46. The Bertz CT molecular complexity index is 1070. The lowest BCUT2D eigenvalue weighted by Crippen LogP contribution is -2.49. The van der Waals surface area contributed by atoms with E-state index in [1.165, 1.54) is 10.4 Å². The summed E-state index contributed by atoms with van der Waals surface area (Å²) in [7, 11) is -3.68. The number of imide groups is 1. The van der Waals surface area contributed by atoms with Crippen LogP contribution >= 0.6 is 0 Å². The number of nitrogens with zero attached hydrogens (tertiary/aromatic N) is 2. The van der Waals surface area contributed by atoms with Crippen LogP contribution in [0.2, 0.25) is 0 Å². The third kappa shape index (κ3) is 4.84. The van der Waals surface area contributed by atoms with Gasteiger partial charge in [0.1, 0.15) is 12.1 Å². The first-order chi connectivity index (χ1) is 16.1. The number of urea groups is 1. The molecule has 1 aliphatic carbocycles. The van der Waals surface area contributed by atoms with Crippen molar-refractivity contribution in [3.8, 4) is 0 Å². The summed E-state index contributed by atoms with van der Waals surface area (Å²) in [4.78, 5) is 39.4. The Kier molecular flexibility index (Phi) is 7.00. The number of hydrogen-bond donors (Lipinski definition) is 2. The van der Waals surface area contributed by atoms with Gasteiger partial charge in [-0.2, -0.15) is 4.31 Å². The van der Waals surface area contributed by atoms with E-state index >= 15 is 0 Å². The second kappa shape index (κ2) is 9.65. The molecule has 0 radical (unpaired) electrons. The SMILES string of the molecule is Cc1ccc(NC(=O)CN2C(=O)NC3(CCC(C)CC3)C2=O)cc1S(=O)(=O)N1CCCCCC1. The van der Waals surface area contributed by atoms with Gasteiger partial charge in [-0.15, -0.1) is 0 Å². The van der Waals surface area contributed by atoms with Crippen molar-refractivity contribution >= 4 is 33.6 Å². The zero-order chi connectivity index (χ0) is 24.5. The van der Waals surface area contributed by atoms with Crippen LogP contribution in [-0.2, 0) is 19.6 Å². The van der Waals surface area contributed by atoms with E-state index in [2.05, 4.69) is 17.6 Å². The number of carbonyl (C=O) groups excluding carboxylic acids is 3. The summed E-state index contributed by atoms with van der Waals surface area (Å²) >= 11 is 0. The fraction of sp³-hybridized carbons (Fsp3) is 0.625. The van der Waals surface area contributed by atoms with E-state index in [1.54, 1.807) is 19.1 Å². The molecule has 1 spiro atoms. The van der Waals surface area contributed by atoms with E-state index < -0.39 is 34.0 Å². The Hall–Kier alpha value is -2.46. The van der Waals surface area contributed by atoms with Crippen LogP contribution in [0.4, 0.5) is 10.5 Å². The van der Waals surface area contributed by atoms with Gasteiger partial charge >= 0.3 is 6.03 Å². The molecule has 9 nitrogen and oxygen atoms in total. The second-order valence-electron chi connectivity index (χ2n) is 9.93. The van der Waals surface area contributed by atoms with Crippen molar-refractivity contribution in [1.29, 1.82) is 0 Å². The fourth-order valence-electron chi connectivity index (χ4n) is 5.13. The van der Waals surface area contributed by atoms with Crippen LogP contribution in [0, 0.1) is 12.8 Å². The largest absolute Gasteiger partial charge is 0.325 e. The summed E-state index contributed by atoms with van der Waals surface area (Å²) in [5.41, 5.74) is 0.0179. The predicted octanol–water partition coefficient (Wildman–Crippen LogP) is 3.00. The Morgan fingerprint density at radius 1 is 1.12 bits per heavy atom. The summed E-state index contributed by atoms with van der Waals surface area (Å²) in [5, 5.41) is 5.48. The van der Waals surface area contributed by atoms with Gasteiger partial charge in [-0.05, 0) is 69.1 Å². The number of rotatable bonds is 5. The first kappa shape index (κ1) is 24.7. The van der Waals surface area contributed by atoms with Gasteiger partial charge in [0.2, 0.25) is 15.9 Å². The molecule has 4 rings (SSSR count). The summed E-state index contributed by atoms with van der Waals surface area (Å²) < 4.78 is 28.1. The molecule has 1 aromatic carbocycles. The molecule has 2 aliphatic heterocycles. The molecule has 4 amide bonds. The van der Waals surface area contributed by atoms with Gasteiger partial charge in [0.25, 0.3) is 5.91 Å². The molecule has 3 aliphatic rings. The van der Waals surface area contributed by atoms with E-state index in [4.69, 9.17) is 0 Å². The molecular weight excluding hydrogens is 456 g/mol. The molecule has 2 heterocycles. The maximum Gasteiger partial charge on any atom is 0.325 e. The van der Waals surface area contributed by atoms with Crippen LogP contribution in [-0.4, -0.2) is 60.6 Å². The summed E-state index contributed by atoms with van der Waals surface area (Å²) in [6, 6.07) is 4.20. The third-order valence-electron chi connectivity index (χ3n) is 7.33. The van der Waals surface area contributed by atoms with Crippen LogP contribution in [0.1, 0.15) is 63.9 Å². The average Bonchev–Trinajstić information content (AvgIpc) is 3.00. The van der Waals surface area contributed by atoms with E-state index in [0.29, 0.717) is 43.1 Å². The number of carbonyl (C=O) groups is 3. The van der Waals surface area contributed by atoms with Crippen molar-refractivity contribution < 1.29 is 22.8 Å². The maximum atomic E-state index is 13.3. The number of amides is 4. The number of benzene rings is 1. The lowest BCUT2D eigenvalue weighted by atomic mass is 9.77. The minimum absolute atomic E-state index is 0.164. The summed E-state index contributed by atoms with van der Waals surface area (Å²) in [6.45, 7) is 4.43. The van der Waals surface area contributed by atoms with Crippen LogP contribution in [0.5, 0.6) is 0 Å². The zero-order valence-corrected chi connectivity index (χ0v) is 20.7. The highest BCUT2D eigenvalue weighted by atomic mass is 32.2. The monoisotopic (exact) mass is 490 g/mol. The van der Waals surface area contributed by atoms with E-state index in [0.717, 1.165) is 43.4 Å². The molecule has 3 fully saturated rings. The van der Waals surface area contributed by atoms with Gasteiger partial charge < -0.3 is 10.6 Å². The average molecular weight is 491 g/mol. The molecule has 0 aromatic heterocycles. The molecule has 1 saturated carbocycles. The van der Waals surface area contributed by atoms with Gasteiger partial charge in [0.15, 0.2) is 0 Å². The normalized spacial score (nSPS) is 26.4. The van der Waals surface area contributed by atoms with Crippen molar-refractivity contribution in [1.82, 2.24) is 14.5 Å². The molecule has 0 atom stereocenters. The first-order valence-corrected chi connectivity index (χ1v) is 13.6. The third-order valence-corrected chi connectivity index (χ3v) is 9.37. The van der Waals surface area contributed by atoms with Crippen molar-refractivity contribution in [2.75, 3.05) is 25.0 Å². The minimum atomic E-state index is -3.68. The number of hydrogen-bond acceptors (Lipinski definition) is 5. The highest BCUT2D eigenvalue weighted by Crippen LogP contribution is 2.36. The van der Waals surface area contributed by atoms with Crippen molar-refractivity contribution in [2.45, 2.75) is 75.6 Å². The van der Waals surface area contributed by atoms with Crippen molar-refractivity contribution in [3.63, 3.8) is 0 Å². The van der Waals surface area contributed by atoms with Gasteiger partial charge in [0, 0.05) is 18.8 Å². The molecule has 2 N–H and O–H groups in total. The van der Waals surface area contributed by atoms with Gasteiger partial charge in [-0.3, -0.25) is 14.5 Å². The van der Waals surface area contributed by atoms with Crippen molar-refractivity contribution in [3.05, 3.63) is 23.8 Å². The highest BCUT2D eigenvalue weighted by Gasteiger charge is 2.52. The highest BCUT2D eigenvalue weighted by molar-refractivity contribution is 7.89. The lowest BCUT2D eigenvalue weighted by molar-refractivity contribution is -0.135. The topological polar surface area (TPSA) is 116 Å². The number of anilines is 1. The smallest absolute Gasteiger partial charge is 0.324 e. The van der Waals surface area contributed by atoms with E-state index in [-0.39, 0.29) is 10.8 Å². The Labute approximate surface area is 201 Å². The molecular formula is C24H34N4O5S. The van der Waals surface area contributed by atoms with Crippen molar-refractivity contribution in [2.24, 2.45) is 5.92 Å².